The summed E-state index contributed by atoms with van der Waals surface area (Å²) in [4.78, 5) is 11.7. The Morgan fingerprint density at radius 3 is 2.06 bits per heavy atom. The Balaban J connectivity index is 1.43. The van der Waals surface area contributed by atoms with Crippen molar-refractivity contribution in [3.8, 4) is 0 Å². The van der Waals surface area contributed by atoms with Gasteiger partial charge in [0.15, 0.2) is 11.6 Å². The summed E-state index contributed by atoms with van der Waals surface area (Å²) in [6.45, 7) is 8.09. The molecule has 0 unspecified atom stereocenters. The summed E-state index contributed by atoms with van der Waals surface area (Å²) in [5, 5.41) is 13.2. The lowest BCUT2D eigenvalue weighted by molar-refractivity contribution is -0.385. The van der Waals surface area contributed by atoms with Crippen LogP contribution < -0.4 is 15.3 Å². The first-order chi connectivity index (χ1) is 17.1. The van der Waals surface area contributed by atoms with Crippen LogP contribution >= 0.6 is 0 Å². The number of hydrogen-bond donors (Lipinski definition) is 0. The second kappa shape index (κ2) is 10.9. The highest BCUT2D eigenvalue weighted by atomic mass is 28.3. The highest BCUT2D eigenvalue weighted by Gasteiger charge is 2.28. The maximum absolute atomic E-state index is 14.5. The number of benzene rings is 3. The summed E-state index contributed by atoms with van der Waals surface area (Å²) < 4.78 is 35.5. The molecule has 0 aromatic heterocycles. The van der Waals surface area contributed by atoms with Gasteiger partial charge >= 0.3 is 0 Å². The first-order valence-electron chi connectivity index (χ1n) is 12.2. The minimum Gasteiger partial charge on any atom is -0.407 e. The molecule has 1 fully saturated rings. The molecule has 0 bridgehead atoms. The predicted octanol–water partition coefficient (Wildman–Crippen LogP) is 5.21. The topological polar surface area (TPSA) is 55.6 Å². The normalized spacial score (nSPS) is 14.9. The molecule has 36 heavy (non-hydrogen) atoms. The summed E-state index contributed by atoms with van der Waals surface area (Å²) >= 11 is 0. The van der Waals surface area contributed by atoms with Crippen molar-refractivity contribution < 1.29 is 18.1 Å². The second-order valence-electron chi connectivity index (χ2n) is 10.3. The zero-order chi connectivity index (χ0) is 25.9. The maximum Gasteiger partial charge on any atom is 0.282 e. The molecule has 189 valence electrons. The first kappa shape index (κ1) is 26.0. The molecule has 1 radical (unpaired) electrons. The molecule has 3 aromatic carbocycles. The Kier molecular flexibility index (Phi) is 7.85. The Labute approximate surface area is 212 Å². The SMILES string of the molecule is CC(C)(C)c1ccc([Si](OCC2CCN(c3c(F)cc([N+](=O)[O-])cc3F)CC2)c2ccccc2)cc1. The van der Waals surface area contributed by atoms with E-state index in [4.69, 9.17) is 4.43 Å². The Morgan fingerprint density at radius 2 is 1.53 bits per heavy atom. The fourth-order valence-corrected chi connectivity index (χ4v) is 6.56. The van der Waals surface area contributed by atoms with E-state index in [1.165, 1.54) is 15.9 Å². The lowest BCUT2D eigenvalue weighted by Crippen LogP contribution is -2.46. The van der Waals surface area contributed by atoms with Gasteiger partial charge in [-0.3, -0.25) is 10.1 Å². The molecule has 1 saturated heterocycles. The third-order valence-corrected chi connectivity index (χ3v) is 8.83. The van der Waals surface area contributed by atoms with Crippen molar-refractivity contribution in [2.75, 3.05) is 24.6 Å². The highest BCUT2D eigenvalue weighted by molar-refractivity contribution is 6.80. The number of piperidine rings is 1. The third kappa shape index (κ3) is 5.99. The number of non-ortho nitro benzene ring substituents is 1. The van der Waals surface area contributed by atoms with Crippen molar-refractivity contribution in [1.29, 1.82) is 0 Å². The fourth-order valence-electron chi connectivity index (χ4n) is 4.53. The van der Waals surface area contributed by atoms with Crippen LogP contribution in [-0.2, 0) is 9.84 Å². The van der Waals surface area contributed by atoms with Crippen molar-refractivity contribution in [3.05, 3.63) is 94.0 Å². The zero-order valence-corrected chi connectivity index (χ0v) is 21.8. The molecular formula is C28H31F2N2O3Si. The van der Waals surface area contributed by atoms with E-state index >= 15 is 0 Å². The van der Waals surface area contributed by atoms with Gasteiger partial charge in [-0.05, 0) is 40.1 Å². The van der Waals surface area contributed by atoms with E-state index in [0.717, 1.165) is 25.0 Å². The van der Waals surface area contributed by atoms with Gasteiger partial charge in [-0.2, -0.15) is 0 Å². The number of hydrogen-bond acceptors (Lipinski definition) is 4. The van der Waals surface area contributed by atoms with E-state index in [1.807, 2.05) is 18.2 Å². The van der Waals surface area contributed by atoms with E-state index in [2.05, 4.69) is 57.2 Å². The number of anilines is 1. The van der Waals surface area contributed by atoms with Crippen molar-refractivity contribution in [2.45, 2.75) is 39.0 Å². The van der Waals surface area contributed by atoms with E-state index in [9.17, 15) is 18.9 Å². The van der Waals surface area contributed by atoms with Crippen molar-refractivity contribution >= 4 is 30.8 Å². The number of rotatable bonds is 7. The largest absolute Gasteiger partial charge is 0.407 e. The van der Waals surface area contributed by atoms with Crippen molar-refractivity contribution in [3.63, 3.8) is 0 Å². The smallest absolute Gasteiger partial charge is 0.282 e. The average molecular weight is 510 g/mol. The van der Waals surface area contributed by atoms with Crippen LogP contribution in [0.15, 0.2) is 66.7 Å². The Morgan fingerprint density at radius 1 is 0.972 bits per heavy atom. The average Bonchev–Trinajstić information content (AvgIpc) is 2.85. The minimum atomic E-state index is -1.45. The Hall–Kier alpha value is -3.10. The predicted molar refractivity (Wildman–Crippen MR) is 141 cm³/mol. The van der Waals surface area contributed by atoms with E-state index in [0.29, 0.717) is 19.7 Å². The van der Waals surface area contributed by atoms with Gasteiger partial charge in [0.25, 0.3) is 14.7 Å². The lowest BCUT2D eigenvalue weighted by atomic mass is 9.87. The number of nitro groups is 1. The van der Waals surface area contributed by atoms with Crippen LogP contribution in [0.25, 0.3) is 0 Å². The second-order valence-corrected chi connectivity index (χ2v) is 12.4. The molecule has 0 saturated carbocycles. The molecule has 0 amide bonds. The fraction of sp³-hybridized carbons (Fsp3) is 0.357. The number of nitro benzene ring substituents is 1. The molecule has 5 nitrogen and oxygen atoms in total. The summed E-state index contributed by atoms with van der Waals surface area (Å²) in [5.41, 5.74) is 0.588. The minimum absolute atomic E-state index is 0.0790. The quantitative estimate of drug-likeness (QED) is 0.249. The first-order valence-corrected chi connectivity index (χ1v) is 13.6. The molecule has 1 aliphatic heterocycles. The van der Waals surface area contributed by atoms with Crippen LogP contribution in [0.2, 0.25) is 0 Å². The van der Waals surface area contributed by atoms with Gasteiger partial charge in [0, 0.05) is 19.7 Å². The van der Waals surface area contributed by atoms with Crippen LogP contribution in [0.1, 0.15) is 39.2 Å². The van der Waals surface area contributed by atoms with Crippen LogP contribution in [0.3, 0.4) is 0 Å². The van der Waals surface area contributed by atoms with Gasteiger partial charge in [-0.15, -0.1) is 0 Å². The molecular weight excluding hydrogens is 478 g/mol. The molecule has 0 aliphatic carbocycles. The molecule has 0 N–H and O–H groups in total. The number of nitrogens with zero attached hydrogens (tertiary/aromatic N) is 2. The molecule has 0 atom stereocenters. The van der Waals surface area contributed by atoms with E-state index in [-0.39, 0.29) is 17.0 Å². The van der Waals surface area contributed by atoms with Crippen molar-refractivity contribution in [2.24, 2.45) is 5.92 Å². The van der Waals surface area contributed by atoms with Crippen LogP contribution in [0.5, 0.6) is 0 Å². The summed E-state index contributed by atoms with van der Waals surface area (Å²) in [5.74, 6) is -1.53. The molecule has 1 heterocycles. The molecule has 8 heteroatoms. The summed E-state index contributed by atoms with van der Waals surface area (Å²) in [6, 6.07) is 20.5. The molecule has 3 aromatic rings. The van der Waals surface area contributed by atoms with Crippen LogP contribution in [0, 0.1) is 27.7 Å². The lowest BCUT2D eigenvalue weighted by Gasteiger charge is -2.34. The Bertz CT molecular complexity index is 1170. The summed E-state index contributed by atoms with van der Waals surface area (Å²) in [6.07, 6.45) is 1.45. The standard InChI is InChI=1S/C28H31F2N2O3Si/c1-28(2,3)21-9-11-24(12-10-21)36(23-7-5-4-6-8-23)35-19-20-13-15-31(16-14-20)27-25(29)17-22(32(33)34)18-26(27)30/h4-12,17-18,20H,13-16,19H2,1-3H3. The molecule has 1 aliphatic rings. The van der Waals surface area contributed by atoms with E-state index < -0.39 is 31.3 Å². The summed E-state index contributed by atoms with van der Waals surface area (Å²) in [7, 11) is -1.45. The number of halogens is 2. The van der Waals surface area contributed by atoms with Crippen LogP contribution in [-0.4, -0.2) is 33.7 Å². The highest BCUT2D eigenvalue weighted by Crippen LogP contribution is 2.31. The van der Waals surface area contributed by atoms with Gasteiger partial charge in [0.1, 0.15) is 5.69 Å². The monoisotopic (exact) mass is 509 g/mol. The van der Waals surface area contributed by atoms with Gasteiger partial charge in [-0.25, -0.2) is 8.78 Å². The molecule has 0 spiro atoms. The van der Waals surface area contributed by atoms with Gasteiger partial charge in [-0.1, -0.05) is 75.4 Å². The van der Waals surface area contributed by atoms with Crippen molar-refractivity contribution in [1.82, 2.24) is 0 Å². The molecule has 4 rings (SSSR count). The third-order valence-electron chi connectivity index (χ3n) is 6.66. The maximum atomic E-state index is 14.5. The van der Waals surface area contributed by atoms with Crippen LogP contribution in [0.4, 0.5) is 20.2 Å². The zero-order valence-electron chi connectivity index (χ0n) is 20.8. The van der Waals surface area contributed by atoms with Gasteiger partial charge in [0.2, 0.25) is 0 Å². The van der Waals surface area contributed by atoms with Gasteiger partial charge < -0.3 is 9.33 Å². The van der Waals surface area contributed by atoms with Gasteiger partial charge in [0.05, 0.1) is 17.1 Å². The van der Waals surface area contributed by atoms with E-state index in [1.54, 1.807) is 4.90 Å².